The maximum absolute atomic E-state index is 13.6. The van der Waals surface area contributed by atoms with Crippen LogP contribution in [-0.2, 0) is 0 Å². The smallest absolute Gasteiger partial charge is 0.253 e. The molecule has 1 saturated heterocycles. The Balaban J connectivity index is 1.22. The minimum atomic E-state index is -0.241. The van der Waals surface area contributed by atoms with Gasteiger partial charge in [-0.05, 0) is 67.9 Å². The Morgan fingerprint density at radius 3 is 2.51 bits per heavy atom. The van der Waals surface area contributed by atoms with E-state index >= 15 is 0 Å². The summed E-state index contributed by atoms with van der Waals surface area (Å²) in [6.07, 6.45) is 1.95. The Morgan fingerprint density at radius 1 is 0.973 bits per heavy atom. The predicted octanol–water partition coefficient (Wildman–Crippen LogP) is 5.16. The number of para-hydroxylation sites is 2. The molecule has 0 aliphatic carbocycles. The Morgan fingerprint density at radius 2 is 1.73 bits per heavy atom. The second-order valence-electron chi connectivity index (χ2n) is 9.85. The number of aromatic nitrogens is 2. The van der Waals surface area contributed by atoms with E-state index in [2.05, 4.69) is 20.9 Å². The van der Waals surface area contributed by atoms with E-state index in [1.807, 2.05) is 67.7 Å². The lowest BCUT2D eigenvalue weighted by Crippen LogP contribution is -2.35. The van der Waals surface area contributed by atoms with Gasteiger partial charge in [-0.15, -0.1) is 0 Å². The van der Waals surface area contributed by atoms with Crippen LogP contribution in [0.15, 0.2) is 78.9 Å². The maximum atomic E-state index is 13.6. The van der Waals surface area contributed by atoms with E-state index in [4.69, 9.17) is 4.98 Å². The number of H-pyrrole nitrogens is 1. The van der Waals surface area contributed by atoms with Gasteiger partial charge >= 0.3 is 0 Å². The van der Waals surface area contributed by atoms with Gasteiger partial charge in [-0.25, -0.2) is 9.37 Å². The normalized spacial score (nSPS) is 15.5. The molecule has 1 aliphatic heterocycles. The quantitative estimate of drug-likeness (QED) is 0.364. The van der Waals surface area contributed by atoms with Crippen LogP contribution in [0.5, 0.6) is 0 Å². The summed E-state index contributed by atoms with van der Waals surface area (Å²) < 4.78 is 13.6. The van der Waals surface area contributed by atoms with Crippen molar-refractivity contribution in [1.29, 1.82) is 0 Å². The van der Waals surface area contributed by atoms with Gasteiger partial charge in [0, 0.05) is 44.7 Å². The number of hydrogen-bond donors (Lipinski definition) is 1. The first kappa shape index (κ1) is 25.0. The lowest BCUT2D eigenvalue weighted by Gasteiger charge is -2.28. The van der Waals surface area contributed by atoms with Gasteiger partial charge in [0.1, 0.15) is 5.82 Å². The number of benzene rings is 3. The number of aromatic amines is 1. The zero-order chi connectivity index (χ0) is 25.6. The van der Waals surface area contributed by atoms with Crippen molar-refractivity contribution in [3.05, 3.63) is 95.8 Å². The molecule has 37 heavy (non-hydrogen) atoms. The molecule has 192 valence electrons. The van der Waals surface area contributed by atoms with E-state index < -0.39 is 0 Å². The highest BCUT2D eigenvalue weighted by atomic mass is 19.1. The van der Waals surface area contributed by atoms with Crippen molar-refractivity contribution >= 4 is 22.9 Å². The fraction of sp³-hybridized carbons (Fsp3) is 0.333. The number of anilines is 1. The van der Waals surface area contributed by atoms with Gasteiger partial charge in [-0.3, -0.25) is 4.79 Å². The SMILES string of the molecule is CN(CC(CCN1CCCN(c2nc3ccccc3[nH]2)CC1)c1ccc(F)cc1)C(=O)c1ccccc1. The van der Waals surface area contributed by atoms with Gasteiger partial charge in [0.05, 0.1) is 11.0 Å². The number of fused-ring (bicyclic) bond motifs is 1. The first-order valence-electron chi connectivity index (χ1n) is 13.0. The highest BCUT2D eigenvalue weighted by molar-refractivity contribution is 5.94. The molecule has 0 saturated carbocycles. The van der Waals surface area contributed by atoms with Gasteiger partial charge in [0.2, 0.25) is 5.95 Å². The third kappa shape index (κ3) is 6.17. The molecule has 1 aliphatic rings. The summed E-state index contributed by atoms with van der Waals surface area (Å²) in [5.74, 6) is 0.819. The zero-order valence-corrected chi connectivity index (χ0v) is 21.3. The molecule has 1 unspecified atom stereocenters. The number of nitrogens with one attached hydrogen (secondary N) is 1. The number of carbonyl (C=O) groups excluding carboxylic acids is 1. The van der Waals surface area contributed by atoms with E-state index in [0.29, 0.717) is 12.1 Å². The third-order valence-corrected chi connectivity index (χ3v) is 7.26. The number of carbonyl (C=O) groups is 1. The molecular weight excluding hydrogens is 465 g/mol. The largest absolute Gasteiger partial charge is 0.341 e. The summed E-state index contributed by atoms with van der Waals surface area (Å²) in [4.78, 5) is 27.9. The molecule has 7 heteroatoms. The van der Waals surface area contributed by atoms with Crippen molar-refractivity contribution in [2.75, 3.05) is 51.2 Å². The van der Waals surface area contributed by atoms with Crippen LogP contribution in [0.25, 0.3) is 11.0 Å². The van der Waals surface area contributed by atoms with Gasteiger partial charge in [-0.2, -0.15) is 0 Å². The fourth-order valence-electron chi connectivity index (χ4n) is 5.15. The van der Waals surface area contributed by atoms with Crippen LogP contribution in [0.2, 0.25) is 0 Å². The summed E-state index contributed by atoms with van der Waals surface area (Å²) in [5.41, 5.74) is 3.80. The van der Waals surface area contributed by atoms with Crippen molar-refractivity contribution in [3.63, 3.8) is 0 Å². The molecule has 5 rings (SSSR count). The summed E-state index contributed by atoms with van der Waals surface area (Å²) in [6, 6.07) is 24.2. The molecule has 3 aromatic carbocycles. The first-order valence-corrected chi connectivity index (χ1v) is 13.0. The predicted molar refractivity (Wildman–Crippen MR) is 147 cm³/mol. The molecule has 1 aromatic heterocycles. The lowest BCUT2D eigenvalue weighted by molar-refractivity contribution is 0.0782. The van der Waals surface area contributed by atoms with E-state index in [9.17, 15) is 9.18 Å². The second-order valence-corrected chi connectivity index (χ2v) is 9.85. The number of hydrogen-bond acceptors (Lipinski definition) is 4. The van der Waals surface area contributed by atoms with E-state index in [1.165, 1.54) is 12.1 Å². The lowest BCUT2D eigenvalue weighted by atomic mass is 9.94. The maximum Gasteiger partial charge on any atom is 0.253 e. The molecule has 4 aromatic rings. The van der Waals surface area contributed by atoms with E-state index in [-0.39, 0.29) is 17.6 Å². The van der Waals surface area contributed by atoms with Crippen molar-refractivity contribution in [1.82, 2.24) is 19.8 Å². The Kier molecular flexibility index (Phi) is 7.80. The Labute approximate surface area is 217 Å². The average Bonchev–Trinajstić information content (AvgIpc) is 3.22. The summed E-state index contributed by atoms with van der Waals surface area (Å²) in [7, 11) is 1.85. The van der Waals surface area contributed by atoms with Crippen molar-refractivity contribution in [2.24, 2.45) is 0 Å². The Hall–Kier alpha value is -3.71. The molecular formula is C30H34FN5O. The van der Waals surface area contributed by atoms with Crippen LogP contribution < -0.4 is 4.90 Å². The van der Waals surface area contributed by atoms with E-state index in [0.717, 1.165) is 68.1 Å². The average molecular weight is 500 g/mol. The Bertz CT molecular complexity index is 1270. The van der Waals surface area contributed by atoms with Gasteiger partial charge in [-0.1, -0.05) is 42.5 Å². The van der Waals surface area contributed by atoms with Crippen LogP contribution in [0.3, 0.4) is 0 Å². The fourth-order valence-corrected chi connectivity index (χ4v) is 5.15. The molecule has 1 amide bonds. The molecule has 6 nitrogen and oxygen atoms in total. The van der Waals surface area contributed by atoms with Crippen LogP contribution in [0.1, 0.15) is 34.7 Å². The van der Waals surface area contributed by atoms with Crippen LogP contribution in [-0.4, -0.2) is 72.0 Å². The zero-order valence-electron chi connectivity index (χ0n) is 21.3. The number of likely N-dealkylation sites (N-methyl/N-ethyl adjacent to an activating group) is 1. The second kappa shape index (κ2) is 11.6. The van der Waals surface area contributed by atoms with Gasteiger partial charge in [0.25, 0.3) is 5.91 Å². The first-order chi connectivity index (χ1) is 18.1. The van der Waals surface area contributed by atoms with Crippen molar-refractivity contribution in [3.8, 4) is 0 Å². The molecule has 0 spiro atoms. The number of rotatable bonds is 8. The highest BCUT2D eigenvalue weighted by Gasteiger charge is 2.22. The van der Waals surface area contributed by atoms with Crippen molar-refractivity contribution in [2.45, 2.75) is 18.8 Å². The molecule has 1 fully saturated rings. The van der Waals surface area contributed by atoms with Crippen molar-refractivity contribution < 1.29 is 9.18 Å². The number of halogens is 1. The molecule has 0 bridgehead atoms. The van der Waals surface area contributed by atoms with Gasteiger partial charge < -0.3 is 19.7 Å². The van der Waals surface area contributed by atoms with E-state index in [1.54, 1.807) is 4.90 Å². The van der Waals surface area contributed by atoms with Crippen LogP contribution in [0.4, 0.5) is 10.3 Å². The summed E-state index contributed by atoms with van der Waals surface area (Å²) in [5, 5.41) is 0. The summed E-state index contributed by atoms with van der Waals surface area (Å²) >= 11 is 0. The van der Waals surface area contributed by atoms with Crippen LogP contribution in [0, 0.1) is 5.82 Å². The van der Waals surface area contributed by atoms with Crippen LogP contribution >= 0.6 is 0 Å². The standard InChI is InChI=1S/C30H34FN5O/c1-34(29(37)24-8-3-2-4-9-24)22-25(23-12-14-26(31)15-13-23)16-19-35-17-7-18-36(21-20-35)30-32-27-10-5-6-11-28(27)33-30/h2-6,8-15,25H,7,16-22H2,1H3,(H,32,33). The monoisotopic (exact) mass is 499 g/mol. The minimum absolute atomic E-state index is 0.00367. The number of imidazole rings is 1. The molecule has 2 heterocycles. The molecule has 1 atom stereocenters. The number of nitrogens with zero attached hydrogens (tertiary/aromatic N) is 4. The third-order valence-electron chi connectivity index (χ3n) is 7.26. The molecule has 0 radical (unpaired) electrons. The highest BCUT2D eigenvalue weighted by Crippen LogP contribution is 2.24. The topological polar surface area (TPSA) is 55.5 Å². The molecule has 1 N–H and O–H groups in total. The van der Waals surface area contributed by atoms with Gasteiger partial charge in [0.15, 0.2) is 0 Å². The number of amides is 1. The minimum Gasteiger partial charge on any atom is -0.341 e. The summed E-state index contributed by atoms with van der Waals surface area (Å²) in [6.45, 7) is 5.35.